The second-order valence-electron chi connectivity index (χ2n) is 5.67. The zero-order chi connectivity index (χ0) is 16.8. The van der Waals surface area contributed by atoms with Crippen molar-refractivity contribution in [1.29, 1.82) is 0 Å². The molecule has 0 bridgehead atoms. The molecule has 0 fully saturated rings. The minimum Gasteiger partial charge on any atom is -0.476 e. The summed E-state index contributed by atoms with van der Waals surface area (Å²) in [5, 5.41) is 7.11. The SMILES string of the molecule is CCC(C)CCOc1nn(-c2ccccc2)c(NC(N)=O)c1C. The molecule has 0 aliphatic rings. The molecule has 1 aromatic heterocycles. The molecular weight excluding hydrogens is 292 g/mol. The number of carbonyl (C=O) groups is 1. The van der Waals surface area contributed by atoms with Crippen LogP contribution in [0.4, 0.5) is 10.6 Å². The molecule has 1 aromatic carbocycles. The van der Waals surface area contributed by atoms with Crippen LogP contribution in [-0.2, 0) is 0 Å². The standard InChI is InChI=1S/C17H24N4O2/c1-4-12(2)10-11-23-16-13(3)15(19-17(18)22)21(20-16)14-8-6-5-7-9-14/h5-9,12H,4,10-11H2,1-3H3,(H3,18,19,22). The Kier molecular flexibility index (Phi) is 5.62. The van der Waals surface area contributed by atoms with E-state index in [1.165, 1.54) is 0 Å². The first-order valence-corrected chi connectivity index (χ1v) is 7.87. The van der Waals surface area contributed by atoms with Gasteiger partial charge in [-0.05, 0) is 31.4 Å². The summed E-state index contributed by atoms with van der Waals surface area (Å²) in [6, 6.07) is 8.91. The summed E-state index contributed by atoms with van der Waals surface area (Å²) in [7, 11) is 0. The van der Waals surface area contributed by atoms with Gasteiger partial charge in [-0.2, -0.15) is 0 Å². The highest BCUT2D eigenvalue weighted by atomic mass is 16.5. The van der Waals surface area contributed by atoms with Crippen molar-refractivity contribution in [2.45, 2.75) is 33.6 Å². The van der Waals surface area contributed by atoms with Crippen molar-refractivity contribution < 1.29 is 9.53 Å². The van der Waals surface area contributed by atoms with Gasteiger partial charge in [-0.3, -0.25) is 5.32 Å². The third kappa shape index (κ3) is 4.25. The lowest BCUT2D eigenvalue weighted by molar-refractivity contribution is 0.259. The smallest absolute Gasteiger partial charge is 0.317 e. The van der Waals surface area contributed by atoms with E-state index in [2.05, 4.69) is 24.3 Å². The van der Waals surface area contributed by atoms with Crippen LogP contribution in [0.3, 0.4) is 0 Å². The molecule has 0 aliphatic heterocycles. The number of nitrogens with one attached hydrogen (secondary N) is 1. The van der Waals surface area contributed by atoms with Gasteiger partial charge >= 0.3 is 6.03 Å². The van der Waals surface area contributed by atoms with Crippen molar-refractivity contribution in [3.8, 4) is 11.6 Å². The summed E-state index contributed by atoms with van der Waals surface area (Å²) in [5.41, 5.74) is 6.87. The number of anilines is 1. The first-order chi connectivity index (χ1) is 11.0. The largest absolute Gasteiger partial charge is 0.476 e. The Hall–Kier alpha value is -2.50. The van der Waals surface area contributed by atoms with E-state index < -0.39 is 6.03 Å². The quantitative estimate of drug-likeness (QED) is 0.820. The Morgan fingerprint density at radius 2 is 2.09 bits per heavy atom. The number of hydrogen-bond donors (Lipinski definition) is 2. The highest BCUT2D eigenvalue weighted by molar-refractivity contribution is 5.88. The summed E-state index contributed by atoms with van der Waals surface area (Å²) in [4.78, 5) is 11.3. The number of carbonyl (C=O) groups excluding carboxylic acids is 1. The number of aromatic nitrogens is 2. The predicted molar refractivity (Wildman–Crippen MR) is 91.1 cm³/mol. The highest BCUT2D eigenvalue weighted by Crippen LogP contribution is 2.28. The van der Waals surface area contributed by atoms with Crippen LogP contribution in [0.1, 0.15) is 32.3 Å². The van der Waals surface area contributed by atoms with Gasteiger partial charge in [0.15, 0.2) is 0 Å². The topological polar surface area (TPSA) is 82.2 Å². The molecule has 6 nitrogen and oxygen atoms in total. The van der Waals surface area contributed by atoms with Crippen LogP contribution in [0.2, 0.25) is 0 Å². The maximum atomic E-state index is 11.3. The van der Waals surface area contributed by atoms with Crippen molar-refractivity contribution in [1.82, 2.24) is 9.78 Å². The predicted octanol–water partition coefficient (Wildman–Crippen LogP) is 3.49. The van der Waals surface area contributed by atoms with E-state index in [1.54, 1.807) is 4.68 Å². The molecular formula is C17H24N4O2. The molecule has 6 heteroatoms. The molecule has 1 atom stereocenters. The van der Waals surface area contributed by atoms with E-state index in [4.69, 9.17) is 10.5 Å². The lowest BCUT2D eigenvalue weighted by Gasteiger charge is -2.08. The molecule has 0 aliphatic carbocycles. The average molecular weight is 316 g/mol. The zero-order valence-electron chi connectivity index (χ0n) is 13.9. The molecule has 1 unspecified atom stereocenters. The summed E-state index contributed by atoms with van der Waals surface area (Å²) in [6.07, 6.45) is 2.09. The minimum absolute atomic E-state index is 0.515. The van der Waals surface area contributed by atoms with Crippen molar-refractivity contribution in [3.05, 3.63) is 35.9 Å². The number of primary amides is 1. The molecule has 0 radical (unpaired) electrons. The van der Waals surface area contributed by atoms with Gasteiger partial charge in [-0.15, -0.1) is 5.10 Å². The summed E-state index contributed by atoms with van der Waals surface area (Å²) in [6.45, 7) is 6.81. The van der Waals surface area contributed by atoms with Gasteiger partial charge in [0.2, 0.25) is 5.88 Å². The maximum absolute atomic E-state index is 11.3. The monoisotopic (exact) mass is 316 g/mol. The van der Waals surface area contributed by atoms with E-state index in [0.29, 0.717) is 24.2 Å². The zero-order valence-corrected chi connectivity index (χ0v) is 13.9. The minimum atomic E-state index is -0.628. The third-order valence-electron chi connectivity index (χ3n) is 3.87. The van der Waals surface area contributed by atoms with Gasteiger partial charge < -0.3 is 10.5 Å². The number of ether oxygens (including phenoxy) is 1. The van der Waals surface area contributed by atoms with Crippen molar-refractivity contribution >= 4 is 11.8 Å². The van der Waals surface area contributed by atoms with Crippen LogP contribution in [0, 0.1) is 12.8 Å². The van der Waals surface area contributed by atoms with E-state index in [1.807, 2.05) is 37.3 Å². The Morgan fingerprint density at radius 1 is 1.39 bits per heavy atom. The highest BCUT2D eigenvalue weighted by Gasteiger charge is 2.18. The molecule has 2 rings (SSSR count). The Morgan fingerprint density at radius 3 is 2.70 bits per heavy atom. The fraction of sp³-hybridized carbons (Fsp3) is 0.412. The van der Waals surface area contributed by atoms with Crippen molar-refractivity contribution in [2.75, 3.05) is 11.9 Å². The number of hydrogen-bond acceptors (Lipinski definition) is 3. The molecule has 124 valence electrons. The molecule has 23 heavy (non-hydrogen) atoms. The van der Waals surface area contributed by atoms with E-state index in [0.717, 1.165) is 24.1 Å². The summed E-state index contributed by atoms with van der Waals surface area (Å²) >= 11 is 0. The van der Waals surface area contributed by atoms with E-state index in [-0.39, 0.29) is 0 Å². The van der Waals surface area contributed by atoms with Crippen molar-refractivity contribution in [3.63, 3.8) is 0 Å². The normalized spacial score (nSPS) is 12.0. The second-order valence-corrected chi connectivity index (χ2v) is 5.67. The van der Waals surface area contributed by atoms with Crippen LogP contribution < -0.4 is 15.8 Å². The molecule has 2 amide bonds. The van der Waals surface area contributed by atoms with Gasteiger partial charge in [-0.1, -0.05) is 38.5 Å². The molecule has 2 aromatic rings. The van der Waals surface area contributed by atoms with Gasteiger partial charge in [0, 0.05) is 0 Å². The fourth-order valence-corrected chi connectivity index (χ4v) is 2.19. The number of benzene rings is 1. The molecule has 0 saturated heterocycles. The maximum Gasteiger partial charge on any atom is 0.317 e. The van der Waals surface area contributed by atoms with E-state index in [9.17, 15) is 4.79 Å². The van der Waals surface area contributed by atoms with Gasteiger partial charge in [0.25, 0.3) is 0 Å². The van der Waals surface area contributed by atoms with Crippen LogP contribution in [0.15, 0.2) is 30.3 Å². The van der Waals surface area contributed by atoms with Crippen molar-refractivity contribution in [2.24, 2.45) is 11.7 Å². The average Bonchev–Trinajstić information content (AvgIpc) is 2.84. The van der Waals surface area contributed by atoms with Crippen LogP contribution in [0.5, 0.6) is 5.88 Å². The Balaban J connectivity index is 2.27. The van der Waals surface area contributed by atoms with Crippen LogP contribution in [-0.4, -0.2) is 22.4 Å². The molecule has 3 N–H and O–H groups in total. The summed E-state index contributed by atoms with van der Waals surface area (Å²) < 4.78 is 7.45. The molecule has 0 spiro atoms. The first-order valence-electron chi connectivity index (χ1n) is 7.87. The lowest BCUT2D eigenvalue weighted by atomic mass is 10.1. The molecule has 1 heterocycles. The van der Waals surface area contributed by atoms with Gasteiger partial charge in [-0.25, -0.2) is 9.48 Å². The lowest BCUT2D eigenvalue weighted by Crippen LogP contribution is -2.21. The molecule has 0 saturated carbocycles. The van der Waals surface area contributed by atoms with Crippen LogP contribution in [0.25, 0.3) is 5.69 Å². The number of para-hydroxylation sites is 1. The van der Waals surface area contributed by atoms with Gasteiger partial charge in [0.05, 0.1) is 17.9 Å². The number of amides is 2. The number of nitrogens with zero attached hydrogens (tertiary/aromatic N) is 2. The number of urea groups is 1. The fourth-order valence-electron chi connectivity index (χ4n) is 2.19. The Bertz CT molecular complexity index is 652. The summed E-state index contributed by atoms with van der Waals surface area (Å²) in [5.74, 6) is 1.65. The van der Waals surface area contributed by atoms with E-state index >= 15 is 0 Å². The van der Waals surface area contributed by atoms with Gasteiger partial charge in [0.1, 0.15) is 5.82 Å². The van der Waals surface area contributed by atoms with Crippen LogP contribution >= 0.6 is 0 Å². The Labute approximate surface area is 136 Å². The number of rotatable bonds is 7. The number of nitrogens with two attached hydrogens (primary N) is 1. The third-order valence-corrected chi connectivity index (χ3v) is 3.87. The second kappa shape index (κ2) is 7.67. The first kappa shape index (κ1) is 16.9.